The van der Waals surface area contributed by atoms with Crippen LogP contribution in [0.3, 0.4) is 0 Å². The number of nitrogens with zero attached hydrogens (tertiary/aromatic N) is 1. The van der Waals surface area contributed by atoms with Gasteiger partial charge in [0, 0.05) is 23.9 Å². The van der Waals surface area contributed by atoms with E-state index in [2.05, 4.69) is 26.8 Å². The minimum atomic E-state index is 0.150. The van der Waals surface area contributed by atoms with Crippen molar-refractivity contribution in [3.05, 3.63) is 22.7 Å². The van der Waals surface area contributed by atoms with E-state index >= 15 is 0 Å². The highest BCUT2D eigenvalue weighted by atomic mass is 32.1. The molecule has 2 aromatic rings. The summed E-state index contributed by atoms with van der Waals surface area (Å²) in [7, 11) is 1.68. The van der Waals surface area contributed by atoms with Crippen LogP contribution in [0, 0.1) is 0 Å². The molecule has 0 amide bonds. The molecule has 3 nitrogen and oxygen atoms in total. The maximum atomic E-state index is 11.1. The van der Waals surface area contributed by atoms with Gasteiger partial charge < -0.3 is 9.30 Å². The molecule has 2 rings (SSSR count). The first-order valence-electron chi connectivity index (χ1n) is 6.05. The summed E-state index contributed by atoms with van der Waals surface area (Å²) < 4.78 is 7.15. The molecular weight excluding hydrogens is 246 g/mol. The van der Waals surface area contributed by atoms with E-state index < -0.39 is 0 Å². The number of hydrogen-bond acceptors (Lipinski definition) is 3. The van der Waals surface area contributed by atoms with Gasteiger partial charge in [-0.2, -0.15) is 0 Å². The highest BCUT2D eigenvalue weighted by Crippen LogP contribution is 2.35. The molecule has 0 aliphatic heterocycles. The Morgan fingerprint density at radius 3 is 2.67 bits per heavy atom. The predicted molar refractivity (Wildman–Crippen MR) is 75.8 cm³/mol. The standard InChI is InChI=1S/C14H19NO2S/c1-14(2,3)12-8-10-7-11(9-16)15(5-6-17-4)13(10)18-12/h7-9H,5-6H2,1-4H3. The molecule has 0 aliphatic rings. The molecule has 0 aromatic carbocycles. The molecule has 4 heteroatoms. The van der Waals surface area contributed by atoms with Crippen molar-refractivity contribution in [3.8, 4) is 0 Å². The van der Waals surface area contributed by atoms with E-state index in [1.165, 1.54) is 9.71 Å². The molecule has 18 heavy (non-hydrogen) atoms. The number of rotatable bonds is 4. The summed E-state index contributed by atoms with van der Waals surface area (Å²) in [6, 6.07) is 4.15. The maximum Gasteiger partial charge on any atom is 0.166 e. The highest BCUT2D eigenvalue weighted by molar-refractivity contribution is 7.18. The second-order valence-electron chi connectivity index (χ2n) is 5.45. The fourth-order valence-electron chi connectivity index (χ4n) is 1.94. The number of hydrogen-bond donors (Lipinski definition) is 0. The van der Waals surface area contributed by atoms with E-state index in [1.54, 1.807) is 18.4 Å². The maximum absolute atomic E-state index is 11.1. The molecule has 2 aromatic heterocycles. The van der Waals surface area contributed by atoms with E-state index in [4.69, 9.17) is 4.74 Å². The van der Waals surface area contributed by atoms with E-state index in [0.717, 1.165) is 23.9 Å². The number of carbonyl (C=O) groups is 1. The molecular formula is C14H19NO2S. The SMILES string of the molecule is COCCn1c(C=O)cc2cc(C(C)(C)C)sc21. The smallest absolute Gasteiger partial charge is 0.166 e. The quantitative estimate of drug-likeness (QED) is 0.793. The molecule has 0 N–H and O–H groups in total. The lowest BCUT2D eigenvalue weighted by Gasteiger charge is -2.15. The summed E-state index contributed by atoms with van der Waals surface area (Å²) >= 11 is 1.77. The third-order valence-electron chi connectivity index (χ3n) is 2.98. The van der Waals surface area contributed by atoms with Gasteiger partial charge in [-0.1, -0.05) is 20.8 Å². The van der Waals surface area contributed by atoms with Crippen molar-refractivity contribution in [2.24, 2.45) is 0 Å². The Hall–Kier alpha value is -1.13. The average molecular weight is 265 g/mol. The number of aromatic nitrogens is 1. The summed E-state index contributed by atoms with van der Waals surface area (Å²) in [4.78, 5) is 13.6. The van der Waals surface area contributed by atoms with Gasteiger partial charge in [0.2, 0.25) is 0 Å². The van der Waals surface area contributed by atoms with Crippen molar-refractivity contribution in [2.75, 3.05) is 13.7 Å². The molecule has 2 heterocycles. The van der Waals surface area contributed by atoms with Gasteiger partial charge in [-0.05, 0) is 17.5 Å². The van der Waals surface area contributed by atoms with Crippen molar-refractivity contribution in [2.45, 2.75) is 32.7 Å². The zero-order chi connectivity index (χ0) is 13.3. The fourth-order valence-corrected chi connectivity index (χ4v) is 3.19. The van der Waals surface area contributed by atoms with Gasteiger partial charge in [0.05, 0.1) is 12.3 Å². The van der Waals surface area contributed by atoms with Crippen LogP contribution in [-0.2, 0) is 16.7 Å². The molecule has 98 valence electrons. The van der Waals surface area contributed by atoms with Gasteiger partial charge in [0.15, 0.2) is 6.29 Å². The van der Waals surface area contributed by atoms with Crippen LogP contribution >= 0.6 is 11.3 Å². The van der Waals surface area contributed by atoms with Gasteiger partial charge in [0.25, 0.3) is 0 Å². The number of fused-ring (bicyclic) bond motifs is 1. The number of aldehydes is 1. The first-order valence-corrected chi connectivity index (χ1v) is 6.86. The molecule has 0 unspecified atom stereocenters. The van der Waals surface area contributed by atoms with Crippen LogP contribution in [0.15, 0.2) is 12.1 Å². The van der Waals surface area contributed by atoms with Crippen molar-refractivity contribution >= 4 is 27.8 Å². The van der Waals surface area contributed by atoms with E-state index in [-0.39, 0.29) is 5.41 Å². The molecule has 0 atom stereocenters. The van der Waals surface area contributed by atoms with Gasteiger partial charge >= 0.3 is 0 Å². The van der Waals surface area contributed by atoms with Gasteiger partial charge in [-0.3, -0.25) is 4.79 Å². The van der Waals surface area contributed by atoms with E-state index in [9.17, 15) is 4.79 Å². The second kappa shape index (κ2) is 4.86. The lowest BCUT2D eigenvalue weighted by atomic mass is 9.94. The third kappa shape index (κ3) is 2.35. The third-order valence-corrected chi connectivity index (χ3v) is 4.58. The minimum Gasteiger partial charge on any atom is -0.383 e. The van der Waals surface area contributed by atoms with Crippen LogP contribution < -0.4 is 0 Å². The summed E-state index contributed by atoms with van der Waals surface area (Å²) in [5.74, 6) is 0. The number of thiophene rings is 1. The normalized spacial score (nSPS) is 12.2. The summed E-state index contributed by atoms with van der Waals surface area (Å²) in [6.07, 6.45) is 0.916. The largest absolute Gasteiger partial charge is 0.383 e. The molecule has 0 spiro atoms. The van der Waals surface area contributed by atoms with Gasteiger partial charge in [-0.25, -0.2) is 0 Å². The average Bonchev–Trinajstić information content (AvgIpc) is 2.82. The molecule has 0 radical (unpaired) electrons. The first kappa shape index (κ1) is 13.3. The van der Waals surface area contributed by atoms with Crippen LogP contribution in [-0.4, -0.2) is 24.6 Å². The summed E-state index contributed by atoms with van der Waals surface area (Å²) in [6.45, 7) is 7.96. The molecule has 0 bridgehead atoms. The zero-order valence-corrected chi connectivity index (χ0v) is 12.1. The number of ether oxygens (including phenoxy) is 1. The Morgan fingerprint density at radius 1 is 1.39 bits per heavy atom. The van der Waals surface area contributed by atoms with Crippen molar-refractivity contribution in [1.82, 2.24) is 4.57 Å². The Balaban J connectivity index is 2.50. The minimum absolute atomic E-state index is 0.150. The number of methoxy groups -OCH3 is 1. The van der Waals surface area contributed by atoms with Gasteiger partial charge in [-0.15, -0.1) is 11.3 Å². The fraction of sp³-hybridized carbons (Fsp3) is 0.500. The second-order valence-corrected chi connectivity index (χ2v) is 6.48. The number of carbonyl (C=O) groups excluding carboxylic acids is 1. The van der Waals surface area contributed by atoms with Crippen molar-refractivity contribution < 1.29 is 9.53 Å². The summed E-state index contributed by atoms with van der Waals surface area (Å²) in [5.41, 5.74) is 0.880. The van der Waals surface area contributed by atoms with E-state index in [0.29, 0.717) is 6.61 Å². The molecule has 0 fully saturated rings. The first-order chi connectivity index (χ1) is 8.47. The van der Waals surface area contributed by atoms with Crippen LogP contribution in [0.25, 0.3) is 10.2 Å². The predicted octanol–water partition coefficient (Wildman–Crippen LogP) is 3.46. The zero-order valence-electron chi connectivity index (χ0n) is 11.3. The van der Waals surface area contributed by atoms with Crippen LogP contribution in [0.4, 0.5) is 0 Å². The lowest BCUT2D eigenvalue weighted by Crippen LogP contribution is -2.08. The molecule has 0 saturated heterocycles. The Labute approximate surface area is 111 Å². The Morgan fingerprint density at radius 2 is 2.11 bits per heavy atom. The monoisotopic (exact) mass is 265 g/mol. The topological polar surface area (TPSA) is 31.2 Å². The van der Waals surface area contributed by atoms with Crippen LogP contribution in [0.5, 0.6) is 0 Å². The summed E-state index contributed by atoms with van der Waals surface area (Å²) in [5, 5.41) is 1.16. The van der Waals surface area contributed by atoms with E-state index in [1.807, 2.05) is 10.6 Å². The highest BCUT2D eigenvalue weighted by Gasteiger charge is 2.19. The Bertz CT molecular complexity index is 560. The lowest BCUT2D eigenvalue weighted by molar-refractivity contribution is 0.111. The van der Waals surface area contributed by atoms with Gasteiger partial charge in [0.1, 0.15) is 4.83 Å². The van der Waals surface area contributed by atoms with Crippen molar-refractivity contribution in [3.63, 3.8) is 0 Å². The Kier molecular flexibility index (Phi) is 3.59. The molecule has 0 saturated carbocycles. The van der Waals surface area contributed by atoms with Crippen molar-refractivity contribution in [1.29, 1.82) is 0 Å². The molecule has 0 aliphatic carbocycles. The van der Waals surface area contributed by atoms with Crippen LogP contribution in [0.2, 0.25) is 0 Å². The van der Waals surface area contributed by atoms with Crippen LogP contribution in [0.1, 0.15) is 36.1 Å².